The summed E-state index contributed by atoms with van der Waals surface area (Å²) in [6, 6.07) is 11.6. The van der Waals surface area contributed by atoms with E-state index in [0.29, 0.717) is 6.61 Å². The van der Waals surface area contributed by atoms with Gasteiger partial charge in [0.15, 0.2) is 5.78 Å². The van der Waals surface area contributed by atoms with Gasteiger partial charge in [-0.05, 0) is 60.9 Å². The van der Waals surface area contributed by atoms with E-state index in [4.69, 9.17) is 4.74 Å². The molecule has 25 heavy (non-hydrogen) atoms. The zero-order valence-electron chi connectivity index (χ0n) is 15.0. The molecule has 0 aliphatic rings. The minimum atomic E-state index is -0.200. The van der Waals surface area contributed by atoms with Crippen molar-refractivity contribution >= 4 is 11.9 Å². The maximum atomic E-state index is 12.1. The first-order valence-corrected chi connectivity index (χ1v) is 8.22. The van der Waals surface area contributed by atoms with Gasteiger partial charge in [-0.3, -0.25) is 9.78 Å². The normalized spacial score (nSPS) is 11.3. The molecule has 0 fully saturated rings. The number of hydrogen-bond acceptors (Lipinski definition) is 4. The van der Waals surface area contributed by atoms with Crippen molar-refractivity contribution < 1.29 is 9.53 Å². The molecule has 0 saturated heterocycles. The molecule has 2 aromatic rings. The molecule has 0 radical (unpaired) electrons. The number of aryl methyl sites for hydroxylation is 2. The lowest BCUT2D eigenvalue weighted by Gasteiger charge is -2.13. The van der Waals surface area contributed by atoms with Crippen molar-refractivity contribution in [1.29, 1.82) is 5.26 Å². The lowest BCUT2D eigenvalue weighted by atomic mass is 9.98. The van der Waals surface area contributed by atoms with Gasteiger partial charge in [0.25, 0.3) is 0 Å². The van der Waals surface area contributed by atoms with Crippen molar-refractivity contribution in [3.05, 3.63) is 64.5 Å². The van der Waals surface area contributed by atoms with Crippen molar-refractivity contribution in [2.45, 2.75) is 34.3 Å². The van der Waals surface area contributed by atoms with Crippen LogP contribution in [0.25, 0.3) is 6.08 Å². The predicted molar refractivity (Wildman–Crippen MR) is 97.9 cm³/mol. The number of carbonyl (C=O) groups excluding carboxylic acids is 1. The van der Waals surface area contributed by atoms with Crippen LogP contribution in [0.4, 0.5) is 0 Å². The summed E-state index contributed by atoms with van der Waals surface area (Å²) < 4.78 is 5.91. The number of benzene rings is 1. The standard InChI is InChI=1S/C21H22N2O2/c1-14(2)20(24)18(12-22)11-17-9-15(3)21(16(4)10-17)25-13-19-7-5-6-8-23-19/h5-11,14H,13H2,1-4H3. The molecule has 0 unspecified atom stereocenters. The predicted octanol–water partition coefficient (Wildman–Crippen LogP) is 4.41. The average Bonchev–Trinajstić information content (AvgIpc) is 2.59. The fourth-order valence-electron chi connectivity index (χ4n) is 2.56. The summed E-state index contributed by atoms with van der Waals surface area (Å²) in [6.07, 6.45) is 3.38. The minimum absolute atomic E-state index is 0.145. The second-order valence-electron chi connectivity index (χ2n) is 6.28. The SMILES string of the molecule is Cc1cc(C=C(C#N)C(=O)C(C)C)cc(C)c1OCc1ccccn1. The molecule has 4 heteroatoms. The highest BCUT2D eigenvalue weighted by Crippen LogP contribution is 2.27. The van der Waals surface area contributed by atoms with Crippen LogP contribution in [0, 0.1) is 31.1 Å². The number of nitriles is 1. The molecule has 0 aliphatic heterocycles. The van der Waals surface area contributed by atoms with Gasteiger partial charge in [0.2, 0.25) is 0 Å². The van der Waals surface area contributed by atoms with E-state index in [2.05, 4.69) is 4.98 Å². The van der Waals surface area contributed by atoms with E-state index in [1.165, 1.54) is 0 Å². The van der Waals surface area contributed by atoms with E-state index >= 15 is 0 Å². The summed E-state index contributed by atoms with van der Waals surface area (Å²) >= 11 is 0. The Bertz CT molecular complexity index is 808. The van der Waals surface area contributed by atoms with E-state index in [9.17, 15) is 10.1 Å². The maximum Gasteiger partial charge on any atom is 0.175 e. The molecule has 128 valence electrons. The maximum absolute atomic E-state index is 12.1. The number of pyridine rings is 1. The van der Waals surface area contributed by atoms with Crippen LogP contribution >= 0.6 is 0 Å². The second-order valence-corrected chi connectivity index (χ2v) is 6.28. The summed E-state index contributed by atoms with van der Waals surface area (Å²) in [7, 11) is 0. The molecule has 0 aliphatic carbocycles. The highest BCUT2D eigenvalue weighted by atomic mass is 16.5. The Morgan fingerprint density at radius 1 is 1.28 bits per heavy atom. The molecule has 0 spiro atoms. The number of ketones is 1. The van der Waals surface area contributed by atoms with Gasteiger partial charge < -0.3 is 4.74 Å². The molecular formula is C21H22N2O2. The fourth-order valence-corrected chi connectivity index (χ4v) is 2.56. The molecular weight excluding hydrogens is 312 g/mol. The van der Waals surface area contributed by atoms with E-state index < -0.39 is 0 Å². The number of carbonyl (C=O) groups is 1. The number of Topliss-reactive ketones (excluding diaryl/α,β-unsaturated/α-hetero) is 1. The monoisotopic (exact) mass is 334 g/mol. The third-order valence-corrected chi connectivity index (χ3v) is 3.79. The van der Waals surface area contributed by atoms with Gasteiger partial charge in [-0.25, -0.2) is 0 Å². The van der Waals surface area contributed by atoms with E-state index in [1.807, 2.05) is 50.2 Å². The Balaban J connectivity index is 2.25. The number of hydrogen-bond donors (Lipinski definition) is 0. The first-order chi connectivity index (χ1) is 11.9. The first kappa shape index (κ1) is 18.4. The Morgan fingerprint density at radius 3 is 2.48 bits per heavy atom. The molecule has 0 atom stereocenters. The van der Waals surface area contributed by atoms with E-state index in [1.54, 1.807) is 26.1 Å². The highest BCUT2D eigenvalue weighted by Gasteiger charge is 2.14. The molecule has 0 bridgehead atoms. The van der Waals surface area contributed by atoms with Gasteiger partial charge in [0.1, 0.15) is 18.4 Å². The number of aromatic nitrogens is 1. The van der Waals surface area contributed by atoms with Crippen LogP contribution in [0.5, 0.6) is 5.75 Å². The van der Waals surface area contributed by atoms with Crippen molar-refractivity contribution in [1.82, 2.24) is 4.98 Å². The van der Waals surface area contributed by atoms with Gasteiger partial charge in [-0.15, -0.1) is 0 Å². The van der Waals surface area contributed by atoms with Crippen LogP contribution < -0.4 is 4.74 Å². The molecule has 1 aromatic heterocycles. The summed E-state index contributed by atoms with van der Waals surface area (Å²) in [5.41, 5.74) is 3.77. The molecule has 0 amide bonds. The lowest BCUT2D eigenvalue weighted by molar-refractivity contribution is -0.117. The fraction of sp³-hybridized carbons (Fsp3) is 0.286. The molecule has 0 N–H and O–H groups in total. The zero-order chi connectivity index (χ0) is 18.4. The Hall–Kier alpha value is -2.93. The number of allylic oxidation sites excluding steroid dienone is 1. The lowest BCUT2D eigenvalue weighted by Crippen LogP contribution is -2.09. The van der Waals surface area contributed by atoms with Crippen LogP contribution in [0.3, 0.4) is 0 Å². The van der Waals surface area contributed by atoms with Gasteiger partial charge >= 0.3 is 0 Å². The van der Waals surface area contributed by atoms with Gasteiger partial charge in [0.05, 0.1) is 11.3 Å². The first-order valence-electron chi connectivity index (χ1n) is 8.22. The topological polar surface area (TPSA) is 63.0 Å². The Morgan fingerprint density at radius 2 is 1.96 bits per heavy atom. The molecule has 2 rings (SSSR count). The van der Waals surface area contributed by atoms with Crippen LogP contribution in [-0.2, 0) is 11.4 Å². The van der Waals surface area contributed by atoms with Gasteiger partial charge in [0, 0.05) is 12.1 Å². The quantitative estimate of drug-likeness (QED) is 0.580. The van der Waals surface area contributed by atoms with Crippen molar-refractivity contribution in [3.8, 4) is 11.8 Å². The molecule has 0 saturated carbocycles. The van der Waals surface area contributed by atoms with Gasteiger partial charge in [-0.2, -0.15) is 5.26 Å². The van der Waals surface area contributed by atoms with Crippen LogP contribution in [0.1, 0.15) is 36.2 Å². The third-order valence-electron chi connectivity index (χ3n) is 3.79. The molecule has 1 heterocycles. The Labute approximate surface area is 148 Å². The van der Waals surface area contributed by atoms with E-state index in [-0.39, 0.29) is 17.3 Å². The van der Waals surface area contributed by atoms with Crippen molar-refractivity contribution in [3.63, 3.8) is 0 Å². The van der Waals surface area contributed by atoms with Crippen LogP contribution in [-0.4, -0.2) is 10.8 Å². The van der Waals surface area contributed by atoms with Crippen molar-refractivity contribution in [2.75, 3.05) is 0 Å². The number of ether oxygens (including phenoxy) is 1. The highest BCUT2D eigenvalue weighted by molar-refractivity contribution is 6.04. The van der Waals surface area contributed by atoms with Crippen molar-refractivity contribution in [2.24, 2.45) is 5.92 Å². The van der Waals surface area contributed by atoms with Crippen LogP contribution in [0.15, 0.2) is 42.1 Å². The minimum Gasteiger partial charge on any atom is -0.487 e. The van der Waals surface area contributed by atoms with E-state index in [0.717, 1.165) is 28.1 Å². The van der Waals surface area contributed by atoms with Gasteiger partial charge in [-0.1, -0.05) is 19.9 Å². The number of rotatable bonds is 6. The summed E-state index contributed by atoms with van der Waals surface area (Å²) in [6.45, 7) is 7.88. The smallest absolute Gasteiger partial charge is 0.175 e. The summed E-state index contributed by atoms with van der Waals surface area (Å²) in [4.78, 5) is 16.3. The third kappa shape index (κ3) is 4.77. The summed E-state index contributed by atoms with van der Waals surface area (Å²) in [5, 5.41) is 9.24. The van der Waals surface area contributed by atoms with Crippen LogP contribution in [0.2, 0.25) is 0 Å². The Kier molecular flexibility index (Phi) is 6.08. The largest absolute Gasteiger partial charge is 0.487 e. The molecule has 1 aromatic carbocycles. The number of nitrogens with zero attached hydrogens (tertiary/aromatic N) is 2. The average molecular weight is 334 g/mol. The summed E-state index contributed by atoms with van der Waals surface area (Å²) in [5.74, 6) is 0.457. The zero-order valence-corrected chi connectivity index (χ0v) is 15.0. The molecule has 4 nitrogen and oxygen atoms in total. The second kappa shape index (κ2) is 8.25.